The Morgan fingerprint density at radius 3 is 2.00 bits per heavy atom. The number of thiol groups is 2. The van der Waals surface area contributed by atoms with Crippen LogP contribution in [0.25, 0.3) is 0 Å². The van der Waals surface area contributed by atoms with E-state index in [2.05, 4.69) is 10.7 Å². The first-order valence-electron chi connectivity index (χ1n) is 1.59. The van der Waals surface area contributed by atoms with Crippen LogP contribution in [0.4, 0.5) is 0 Å². The smallest absolute Gasteiger partial charge is 0.0237 e. The predicted octanol–water partition coefficient (Wildman–Crippen LogP) is 0.810. The molecule has 1 aliphatic heterocycles. The quantitative estimate of drug-likeness (QED) is 0.340. The van der Waals surface area contributed by atoms with E-state index in [0.29, 0.717) is 0 Å². The van der Waals surface area contributed by atoms with Gasteiger partial charge in [0, 0.05) is 4.24 Å². The molecular formula is C4H5S2. The molecule has 0 aromatic carbocycles. The molecule has 1 aliphatic rings. The van der Waals surface area contributed by atoms with E-state index < -0.39 is 0 Å². The van der Waals surface area contributed by atoms with Gasteiger partial charge >= 0.3 is 0 Å². The Morgan fingerprint density at radius 2 is 1.83 bits per heavy atom. The molecule has 0 aromatic rings. The molecule has 0 saturated carbocycles. The van der Waals surface area contributed by atoms with Crippen molar-refractivity contribution < 1.29 is 0 Å². The number of hydrogen-bond donors (Lipinski definition) is 2. The molecule has 0 aliphatic carbocycles. The Balaban J connectivity index is 2.86. The van der Waals surface area contributed by atoms with E-state index in [1.54, 1.807) is 0 Å². The average Bonchev–Trinajstić information content (AvgIpc) is 1.86. The van der Waals surface area contributed by atoms with Crippen LogP contribution in [0.3, 0.4) is 0 Å². The van der Waals surface area contributed by atoms with Crippen LogP contribution in [0.5, 0.6) is 0 Å². The van der Waals surface area contributed by atoms with Crippen molar-refractivity contribution in [3.05, 3.63) is 10.8 Å². The summed E-state index contributed by atoms with van der Waals surface area (Å²) in [7, 11) is 0. The monoisotopic (exact) mass is 117 g/mol. The summed E-state index contributed by atoms with van der Waals surface area (Å²) in [5.74, 6) is 0. The van der Waals surface area contributed by atoms with Crippen LogP contribution in [0, 0.1) is 6.58 Å². The van der Waals surface area contributed by atoms with E-state index in [1.807, 2.05) is 0 Å². The zero-order chi connectivity index (χ0) is 4.41. The third-order valence-electron chi connectivity index (χ3n) is 0.480. The van der Waals surface area contributed by atoms with Crippen LogP contribution in [0.1, 0.15) is 0 Å². The molecule has 33 valence electrons. The Kier molecular flexibility index (Phi) is 1.27. The first-order valence-corrected chi connectivity index (χ1v) is 3.51. The minimum Gasteiger partial charge on any atom is -0.163 e. The topological polar surface area (TPSA) is 0 Å². The van der Waals surface area contributed by atoms with Gasteiger partial charge in [0.05, 0.1) is 0 Å². The summed E-state index contributed by atoms with van der Waals surface area (Å²) < 4.78 is 1.04. The van der Waals surface area contributed by atoms with Gasteiger partial charge in [-0.1, -0.05) is 0 Å². The maximum Gasteiger partial charge on any atom is 0.0237 e. The van der Waals surface area contributed by atoms with Gasteiger partial charge in [0.1, 0.15) is 0 Å². The fourth-order valence-corrected chi connectivity index (χ4v) is 1.76. The van der Waals surface area contributed by atoms with Crippen LogP contribution in [0.2, 0.25) is 0 Å². The lowest BCUT2D eigenvalue weighted by Crippen LogP contribution is -1.51. The average molecular weight is 117 g/mol. The zero-order valence-electron chi connectivity index (χ0n) is 3.13. The third-order valence-corrected chi connectivity index (χ3v) is 2.53. The molecule has 0 atom stereocenters. The van der Waals surface area contributed by atoms with Crippen LogP contribution < -0.4 is 0 Å². The van der Waals surface area contributed by atoms with E-state index in [9.17, 15) is 0 Å². The molecule has 1 rings (SSSR count). The van der Waals surface area contributed by atoms with E-state index in [4.69, 9.17) is 6.58 Å². The summed E-state index contributed by atoms with van der Waals surface area (Å²) in [6.45, 7) is 5.36. The standard InChI is InChI=1S/C4H5S2/c1-4-5-2-3-6-4/h1-3,5-6H. The molecular weight excluding hydrogens is 112 g/mol. The highest BCUT2D eigenvalue weighted by atomic mass is 32.2. The normalized spacial score (nSPS) is 19.7. The maximum absolute atomic E-state index is 5.36. The summed E-state index contributed by atoms with van der Waals surface area (Å²) in [4.78, 5) is 0. The Morgan fingerprint density at radius 1 is 1.33 bits per heavy atom. The van der Waals surface area contributed by atoms with Crippen molar-refractivity contribution in [3.8, 4) is 0 Å². The molecule has 0 nitrogen and oxygen atoms in total. The highest BCUT2D eigenvalue weighted by Gasteiger charge is 1.79. The van der Waals surface area contributed by atoms with Gasteiger partial charge in [0.15, 0.2) is 0 Å². The SMILES string of the molecule is [CH]=C1[SH]=CC=[SH]1. The molecule has 0 unspecified atom stereocenters. The molecule has 0 saturated heterocycles. The Bertz CT molecular complexity index is 108. The van der Waals surface area contributed by atoms with Crippen molar-refractivity contribution in [1.82, 2.24) is 0 Å². The summed E-state index contributed by atoms with van der Waals surface area (Å²) >= 11 is 2.38. The van der Waals surface area contributed by atoms with E-state index in [1.165, 1.54) is 22.7 Å². The van der Waals surface area contributed by atoms with Gasteiger partial charge in [-0.05, 0) is 17.3 Å². The fourth-order valence-electron chi connectivity index (χ4n) is 0.253. The van der Waals surface area contributed by atoms with Crippen molar-refractivity contribution in [2.75, 3.05) is 0 Å². The van der Waals surface area contributed by atoms with Crippen molar-refractivity contribution in [2.24, 2.45) is 0 Å². The molecule has 0 bridgehead atoms. The summed E-state index contributed by atoms with van der Waals surface area (Å²) in [6, 6.07) is 0. The van der Waals surface area contributed by atoms with Crippen LogP contribution in [0.15, 0.2) is 4.24 Å². The molecule has 0 fully saturated rings. The molecule has 1 heterocycles. The lowest BCUT2D eigenvalue weighted by molar-refractivity contribution is 2.47. The van der Waals surface area contributed by atoms with E-state index in [-0.39, 0.29) is 0 Å². The lowest BCUT2D eigenvalue weighted by atomic mass is 11.0. The second-order valence-electron chi connectivity index (χ2n) is 0.915. The molecule has 2 heteroatoms. The molecule has 6 heavy (non-hydrogen) atoms. The molecule has 0 spiro atoms. The van der Waals surface area contributed by atoms with Gasteiger partial charge in [0.2, 0.25) is 0 Å². The van der Waals surface area contributed by atoms with Gasteiger partial charge in [-0.2, -0.15) is 22.7 Å². The molecule has 1 radical (unpaired) electrons. The minimum atomic E-state index is 1.04. The largest absolute Gasteiger partial charge is 0.163 e. The summed E-state index contributed by atoms with van der Waals surface area (Å²) in [6.07, 6.45) is 0. The van der Waals surface area contributed by atoms with Crippen LogP contribution >= 0.6 is 22.7 Å². The van der Waals surface area contributed by atoms with Gasteiger partial charge in [-0.25, -0.2) is 0 Å². The van der Waals surface area contributed by atoms with Crippen molar-refractivity contribution >= 4 is 33.4 Å². The summed E-state index contributed by atoms with van der Waals surface area (Å²) in [5.41, 5.74) is 0. The molecule has 0 amide bonds. The third kappa shape index (κ3) is 0.820. The Labute approximate surface area is 44.8 Å². The van der Waals surface area contributed by atoms with Gasteiger partial charge in [0.25, 0.3) is 0 Å². The minimum absolute atomic E-state index is 1.04. The predicted molar refractivity (Wildman–Crippen MR) is 37.9 cm³/mol. The molecule has 0 N–H and O–H groups in total. The first-order chi connectivity index (χ1) is 2.89. The van der Waals surface area contributed by atoms with E-state index >= 15 is 0 Å². The van der Waals surface area contributed by atoms with Gasteiger partial charge in [-0.15, -0.1) is 0 Å². The summed E-state index contributed by atoms with van der Waals surface area (Å²) in [5, 5.41) is 4.10. The van der Waals surface area contributed by atoms with E-state index in [0.717, 1.165) is 4.24 Å². The van der Waals surface area contributed by atoms with Crippen molar-refractivity contribution in [1.29, 1.82) is 0 Å². The Hall–Kier alpha value is 0.180. The zero-order valence-corrected chi connectivity index (χ0v) is 4.92. The second-order valence-corrected chi connectivity index (χ2v) is 3.34. The van der Waals surface area contributed by atoms with Crippen molar-refractivity contribution in [2.45, 2.75) is 0 Å². The van der Waals surface area contributed by atoms with Crippen LogP contribution in [-0.4, -0.2) is 10.7 Å². The second kappa shape index (κ2) is 1.76. The lowest BCUT2D eigenvalue weighted by Gasteiger charge is -1.72. The maximum atomic E-state index is 5.36. The van der Waals surface area contributed by atoms with Gasteiger partial charge < -0.3 is 0 Å². The number of rotatable bonds is 0. The van der Waals surface area contributed by atoms with Gasteiger partial charge in [-0.3, -0.25) is 0 Å². The molecule has 0 aromatic heterocycles. The van der Waals surface area contributed by atoms with Crippen LogP contribution in [-0.2, 0) is 0 Å². The first kappa shape index (κ1) is 4.34. The number of hydrogen-bond acceptors (Lipinski definition) is 0. The highest BCUT2D eigenvalue weighted by molar-refractivity contribution is 8.25. The fraction of sp³-hybridized carbons (Fsp3) is 0. The highest BCUT2D eigenvalue weighted by Crippen LogP contribution is 2.15. The van der Waals surface area contributed by atoms with Crippen molar-refractivity contribution in [3.63, 3.8) is 0 Å².